The normalized spacial score (nSPS) is 10.8. The van der Waals surface area contributed by atoms with Crippen LogP contribution in [0.15, 0.2) is 59.3 Å². The van der Waals surface area contributed by atoms with E-state index < -0.39 is 0 Å². The molecule has 0 saturated carbocycles. The molecule has 3 rings (SSSR count). The van der Waals surface area contributed by atoms with Gasteiger partial charge in [-0.2, -0.15) is 0 Å². The lowest BCUT2D eigenvalue weighted by Crippen LogP contribution is -3.10. The van der Waals surface area contributed by atoms with Crippen LogP contribution in [0.3, 0.4) is 0 Å². The van der Waals surface area contributed by atoms with Crippen LogP contribution in [0, 0.1) is 0 Å². The van der Waals surface area contributed by atoms with Crippen molar-refractivity contribution in [3.63, 3.8) is 0 Å². The fourth-order valence-electron chi connectivity index (χ4n) is 2.74. The Labute approximate surface area is 162 Å². The van der Waals surface area contributed by atoms with Crippen molar-refractivity contribution in [2.24, 2.45) is 0 Å². The van der Waals surface area contributed by atoms with E-state index in [0.29, 0.717) is 13.2 Å². The Hall–Kier alpha value is -2.15. The molecule has 136 valence electrons. The van der Waals surface area contributed by atoms with Crippen LogP contribution in [0.1, 0.15) is 16.7 Å². The minimum absolute atomic E-state index is 0.0253. The van der Waals surface area contributed by atoms with E-state index >= 15 is 0 Å². The minimum atomic E-state index is 0.0253. The average Bonchev–Trinajstić information content (AvgIpc) is 3.31. The summed E-state index contributed by atoms with van der Waals surface area (Å²) >= 11 is 3.48. The molecule has 0 radical (unpaired) electrons. The Balaban J connectivity index is 1.60. The van der Waals surface area contributed by atoms with Crippen molar-refractivity contribution in [1.82, 2.24) is 0 Å². The number of carbonyl (C=O) groups is 1. The van der Waals surface area contributed by atoms with Gasteiger partial charge >= 0.3 is 0 Å². The van der Waals surface area contributed by atoms with E-state index in [9.17, 15) is 4.79 Å². The number of nitrogens with one attached hydrogen (secondary N) is 2. The fraction of sp³-hybridized carbons (Fsp3) is 0.250. The van der Waals surface area contributed by atoms with Gasteiger partial charge in [0.25, 0.3) is 5.91 Å². The van der Waals surface area contributed by atoms with Crippen molar-refractivity contribution >= 4 is 34.3 Å². The minimum Gasteiger partial charge on any atom is -0.494 e. The number of thiophene rings is 2. The number of benzene rings is 1. The first-order valence-corrected chi connectivity index (χ1v) is 10.4. The molecule has 0 aliphatic carbocycles. The van der Waals surface area contributed by atoms with Gasteiger partial charge in [-0.25, -0.2) is 0 Å². The third-order valence-corrected chi connectivity index (χ3v) is 5.62. The lowest BCUT2D eigenvalue weighted by Gasteiger charge is -2.18. The van der Waals surface area contributed by atoms with E-state index in [2.05, 4.69) is 40.3 Å². The number of quaternary nitrogens is 1. The van der Waals surface area contributed by atoms with Crippen LogP contribution in [0.5, 0.6) is 5.75 Å². The van der Waals surface area contributed by atoms with Gasteiger partial charge in [-0.3, -0.25) is 4.79 Å². The Morgan fingerprint density at radius 2 is 1.62 bits per heavy atom. The van der Waals surface area contributed by atoms with Gasteiger partial charge in [0.15, 0.2) is 6.54 Å². The van der Waals surface area contributed by atoms with Gasteiger partial charge in [-0.05, 0) is 54.1 Å². The van der Waals surface area contributed by atoms with Crippen LogP contribution in [0.25, 0.3) is 0 Å². The van der Waals surface area contributed by atoms with Gasteiger partial charge in [0.2, 0.25) is 0 Å². The van der Waals surface area contributed by atoms with Crippen molar-refractivity contribution in [3.05, 3.63) is 69.0 Å². The van der Waals surface area contributed by atoms with Crippen molar-refractivity contribution in [3.8, 4) is 5.75 Å². The van der Waals surface area contributed by atoms with Crippen LogP contribution in [0.2, 0.25) is 0 Å². The number of ether oxygens (including phenoxy) is 1. The Morgan fingerprint density at radius 1 is 1.00 bits per heavy atom. The van der Waals surface area contributed by atoms with E-state index in [0.717, 1.165) is 24.5 Å². The average molecular weight is 388 g/mol. The number of anilines is 1. The molecular formula is C20H23N2O2S2+. The van der Waals surface area contributed by atoms with Gasteiger partial charge in [-0.15, -0.1) is 22.7 Å². The second kappa shape index (κ2) is 9.52. The molecule has 0 fully saturated rings. The molecule has 3 aromatic rings. The summed E-state index contributed by atoms with van der Waals surface area (Å²) in [5, 5.41) is 7.16. The molecule has 0 aliphatic rings. The summed E-state index contributed by atoms with van der Waals surface area (Å²) in [5.74, 6) is 0.838. The van der Waals surface area contributed by atoms with E-state index in [4.69, 9.17) is 4.74 Å². The third kappa shape index (κ3) is 5.69. The molecule has 6 heteroatoms. The maximum absolute atomic E-state index is 12.5. The van der Waals surface area contributed by atoms with E-state index in [-0.39, 0.29) is 5.91 Å². The van der Waals surface area contributed by atoms with Crippen molar-refractivity contribution < 1.29 is 14.4 Å². The monoisotopic (exact) mass is 387 g/mol. The zero-order valence-corrected chi connectivity index (χ0v) is 16.4. The number of carbonyl (C=O) groups excluding carboxylic acids is 1. The number of hydrogen-bond acceptors (Lipinski definition) is 4. The third-order valence-electron chi connectivity index (χ3n) is 3.87. The molecule has 2 aromatic heterocycles. The molecule has 2 heterocycles. The predicted octanol–water partition coefficient (Wildman–Crippen LogP) is 3.43. The fourth-order valence-corrected chi connectivity index (χ4v) is 4.29. The highest BCUT2D eigenvalue weighted by Gasteiger charge is 2.17. The molecule has 26 heavy (non-hydrogen) atoms. The van der Waals surface area contributed by atoms with Gasteiger partial charge in [0, 0.05) is 5.69 Å². The second-order valence-electron chi connectivity index (χ2n) is 5.94. The summed E-state index contributed by atoms with van der Waals surface area (Å²) in [6.45, 7) is 4.73. The number of hydrogen-bond donors (Lipinski definition) is 2. The first-order chi connectivity index (χ1) is 12.7. The molecule has 0 atom stereocenters. The standard InChI is InChI=1S/C20H22N2O2S2/c1-2-24-17-9-7-16(8-10-17)21-20(23)15-22(13-18-5-3-11-25-18)14-19-6-4-12-26-19/h3-12H,2,13-15H2,1H3,(H,21,23)/p+1. The molecule has 0 saturated heterocycles. The molecule has 1 aromatic carbocycles. The summed E-state index contributed by atoms with van der Waals surface area (Å²) in [5.41, 5.74) is 0.796. The van der Waals surface area contributed by atoms with Crippen LogP contribution < -0.4 is 15.0 Å². The zero-order chi connectivity index (χ0) is 18.2. The molecule has 1 amide bonds. The summed E-state index contributed by atoms with van der Waals surface area (Å²) in [6.07, 6.45) is 0. The zero-order valence-electron chi connectivity index (χ0n) is 14.7. The van der Waals surface area contributed by atoms with Gasteiger partial charge < -0.3 is 15.0 Å². The lowest BCUT2D eigenvalue weighted by molar-refractivity contribution is -0.918. The highest BCUT2D eigenvalue weighted by Crippen LogP contribution is 2.15. The van der Waals surface area contributed by atoms with Crippen molar-refractivity contribution in [2.45, 2.75) is 20.0 Å². The van der Waals surface area contributed by atoms with Crippen LogP contribution in [-0.2, 0) is 17.9 Å². The Bertz CT molecular complexity index is 748. The largest absolute Gasteiger partial charge is 0.494 e. The summed E-state index contributed by atoms with van der Waals surface area (Å²) < 4.78 is 5.43. The first-order valence-electron chi connectivity index (χ1n) is 8.64. The molecule has 0 bridgehead atoms. The molecule has 0 aliphatic heterocycles. The second-order valence-corrected chi connectivity index (χ2v) is 8.01. The predicted molar refractivity (Wildman–Crippen MR) is 108 cm³/mol. The molecule has 0 spiro atoms. The van der Waals surface area contributed by atoms with Crippen LogP contribution in [0.4, 0.5) is 5.69 Å². The Kier molecular flexibility index (Phi) is 6.82. The van der Waals surface area contributed by atoms with E-state index in [1.807, 2.05) is 31.2 Å². The van der Waals surface area contributed by atoms with Gasteiger partial charge in [0.1, 0.15) is 18.8 Å². The van der Waals surface area contributed by atoms with Crippen molar-refractivity contribution in [1.29, 1.82) is 0 Å². The Morgan fingerprint density at radius 3 is 2.12 bits per heavy atom. The summed E-state index contributed by atoms with van der Waals surface area (Å²) in [7, 11) is 0. The summed E-state index contributed by atoms with van der Waals surface area (Å²) in [4.78, 5) is 16.4. The highest BCUT2D eigenvalue weighted by molar-refractivity contribution is 7.10. The molecule has 2 N–H and O–H groups in total. The first kappa shape index (κ1) is 18.6. The van der Waals surface area contributed by atoms with Crippen molar-refractivity contribution in [2.75, 3.05) is 18.5 Å². The maximum Gasteiger partial charge on any atom is 0.279 e. The molecular weight excluding hydrogens is 364 g/mol. The smallest absolute Gasteiger partial charge is 0.279 e. The summed E-state index contributed by atoms with van der Waals surface area (Å²) in [6, 6.07) is 15.9. The van der Waals surface area contributed by atoms with Crippen LogP contribution >= 0.6 is 22.7 Å². The molecule has 0 unspecified atom stereocenters. The highest BCUT2D eigenvalue weighted by atomic mass is 32.1. The molecule has 4 nitrogen and oxygen atoms in total. The van der Waals surface area contributed by atoms with Gasteiger partial charge in [-0.1, -0.05) is 12.1 Å². The SMILES string of the molecule is CCOc1ccc(NC(=O)C[NH+](Cc2cccs2)Cc2cccs2)cc1. The number of amides is 1. The topological polar surface area (TPSA) is 42.8 Å². The quantitative estimate of drug-likeness (QED) is 0.591. The van der Waals surface area contributed by atoms with Crippen LogP contribution in [-0.4, -0.2) is 19.1 Å². The van der Waals surface area contributed by atoms with E-state index in [1.165, 1.54) is 14.7 Å². The lowest BCUT2D eigenvalue weighted by atomic mass is 10.3. The van der Waals surface area contributed by atoms with Gasteiger partial charge in [0.05, 0.1) is 16.4 Å². The van der Waals surface area contributed by atoms with E-state index in [1.54, 1.807) is 22.7 Å². The maximum atomic E-state index is 12.5. The number of rotatable bonds is 9.